The van der Waals surface area contributed by atoms with Crippen LogP contribution in [0.3, 0.4) is 0 Å². The third-order valence-electron chi connectivity index (χ3n) is 7.05. The molecule has 1 atom stereocenters. The van der Waals surface area contributed by atoms with Crippen LogP contribution in [0.1, 0.15) is 49.2 Å². The van der Waals surface area contributed by atoms with E-state index in [1.54, 1.807) is 24.5 Å². The SMILES string of the molecule is O=S(c1ccncc1)c1cc2c(cc1OC1CCCCC1)nc(Cc1ccccc1)n2Cc1ccccn1. The van der Waals surface area contributed by atoms with Gasteiger partial charge in [-0.25, -0.2) is 9.19 Å². The molecular formula is C31H30N4O2S. The van der Waals surface area contributed by atoms with Crippen molar-refractivity contribution in [3.05, 3.63) is 108 Å². The third kappa shape index (κ3) is 5.38. The number of fused-ring (bicyclic) bond motifs is 1. The Morgan fingerprint density at radius 3 is 2.45 bits per heavy atom. The first-order valence-electron chi connectivity index (χ1n) is 13.2. The Morgan fingerprint density at radius 2 is 1.68 bits per heavy atom. The van der Waals surface area contributed by atoms with Crippen LogP contribution < -0.4 is 4.74 Å². The second-order valence-electron chi connectivity index (χ2n) is 9.71. The van der Waals surface area contributed by atoms with Crippen LogP contribution in [0.25, 0.3) is 11.0 Å². The van der Waals surface area contributed by atoms with E-state index in [2.05, 4.69) is 26.7 Å². The molecule has 5 aromatic rings. The van der Waals surface area contributed by atoms with Crippen LogP contribution in [0.2, 0.25) is 0 Å². The number of nitrogens with zero attached hydrogens (tertiary/aromatic N) is 4. The minimum absolute atomic E-state index is 0.133. The normalized spacial score (nSPS) is 14.9. The summed E-state index contributed by atoms with van der Waals surface area (Å²) >= 11 is 0. The van der Waals surface area contributed by atoms with Crippen molar-refractivity contribution in [2.75, 3.05) is 0 Å². The second kappa shape index (κ2) is 11.3. The average molecular weight is 523 g/mol. The summed E-state index contributed by atoms with van der Waals surface area (Å²) in [5.74, 6) is 1.60. The van der Waals surface area contributed by atoms with Crippen molar-refractivity contribution in [2.45, 2.75) is 61.0 Å². The molecule has 1 fully saturated rings. The highest BCUT2D eigenvalue weighted by atomic mass is 32.2. The maximum Gasteiger partial charge on any atom is 0.138 e. The Labute approximate surface area is 225 Å². The highest BCUT2D eigenvalue weighted by Crippen LogP contribution is 2.35. The van der Waals surface area contributed by atoms with Gasteiger partial charge in [-0.3, -0.25) is 9.97 Å². The van der Waals surface area contributed by atoms with Gasteiger partial charge in [0.2, 0.25) is 0 Å². The predicted molar refractivity (Wildman–Crippen MR) is 149 cm³/mol. The molecule has 1 unspecified atom stereocenters. The molecule has 6 nitrogen and oxygen atoms in total. The lowest BCUT2D eigenvalue weighted by molar-refractivity contribution is 0.151. The fraction of sp³-hybridized carbons (Fsp3) is 0.258. The van der Waals surface area contributed by atoms with E-state index in [1.165, 1.54) is 12.0 Å². The predicted octanol–water partition coefficient (Wildman–Crippen LogP) is 6.34. The molecule has 0 radical (unpaired) electrons. The minimum atomic E-state index is -1.42. The van der Waals surface area contributed by atoms with Crippen LogP contribution in [-0.2, 0) is 23.8 Å². The Bertz CT molecular complexity index is 1530. The maximum absolute atomic E-state index is 13.9. The first-order chi connectivity index (χ1) is 18.7. The van der Waals surface area contributed by atoms with E-state index in [9.17, 15) is 4.21 Å². The van der Waals surface area contributed by atoms with E-state index in [0.29, 0.717) is 28.5 Å². The monoisotopic (exact) mass is 522 g/mol. The van der Waals surface area contributed by atoms with Gasteiger partial charge in [-0.1, -0.05) is 42.8 Å². The van der Waals surface area contributed by atoms with Crippen molar-refractivity contribution in [1.82, 2.24) is 19.5 Å². The molecule has 3 heterocycles. The summed E-state index contributed by atoms with van der Waals surface area (Å²) in [4.78, 5) is 15.1. The molecule has 0 N–H and O–H groups in total. The number of ether oxygens (including phenoxy) is 1. The lowest BCUT2D eigenvalue weighted by Gasteiger charge is -2.24. The lowest BCUT2D eigenvalue weighted by atomic mass is 9.98. The number of rotatable bonds is 8. The van der Waals surface area contributed by atoms with Crippen molar-refractivity contribution in [1.29, 1.82) is 0 Å². The van der Waals surface area contributed by atoms with E-state index in [0.717, 1.165) is 48.2 Å². The Morgan fingerprint density at radius 1 is 0.895 bits per heavy atom. The van der Waals surface area contributed by atoms with Gasteiger partial charge >= 0.3 is 0 Å². The van der Waals surface area contributed by atoms with Gasteiger partial charge in [0.25, 0.3) is 0 Å². The van der Waals surface area contributed by atoms with Crippen molar-refractivity contribution in [3.63, 3.8) is 0 Å². The van der Waals surface area contributed by atoms with Gasteiger partial charge in [-0.15, -0.1) is 0 Å². The summed E-state index contributed by atoms with van der Waals surface area (Å²) in [7, 11) is -1.42. The summed E-state index contributed by atoms with van der Waals surface area (Å²) in [5.41, 5.74) is 3.90. The molecule has 0 saturated heterocycles. The van der Waals surface area contributed by atoms with Gasteiger partial charge in [-0.2, -0.15) is 0 Å². The molecule has 0 bridgehead atoms. The van der Waals surface area contributed by atoms with Gasteiger partial charge in [0, 0.05) is 36.0 Å². The molecule has 2 aromatic carbocycles. The van der Waals surface area contributed by atoms with Crippen LogP contribution in [0.4, 0.5) is 0 Å². The highest BCUT2D eigenvalue weighted by Gasteiger charge is 2.23. The molecule has 1 saturated carbocycles. The smallest absolute Gasteiger partial charge is 0.138 e. The summed E-state index contributed by atoms with van der Waals surface area (Å²) in [6.07, 6.45) is 11.6. The van der Waals surface area contributed by atoms with Gasteiger partial charge in [0.15, 0.2) is 0 Å². The minimum Gasteiger partial charge on any atom is -0.489 e. The summed E-state index contributed by atoms with van der Waals surface area (Å²) in [6.45, 7) is 0.573. The molecule has 1 aliphatic rings. The van der Waals surface area contributed by atoms with Crippen LogP contribution in [0.15, 0.2) is 101 Å². The lowest BCUT2D eigenvalue weighted by Crippen LogP contribution is -2.20. The van der Waals surface area contributed by atoms with Crippen LogP contribution in [0, 0.1) is 0 Å². The molecule has 38 heavy (non-hydrogen) atoms. The van der Waals surface area contributed by atoms with E-state index in [1.807, 2.05) is 54.7 Å². The van der Waals surface area contributed by atoms with E-state index < -0.39 is 10.8 Å². The Balaban J connectivity index is 1.49. The number of benzene rings is 2. The van der Waals surface area contributed by atoms with Gasteiger partial charge in [0.1, 0.15) is 11.6 Å². The zero-order valence-electron chi connectivity index (χ0n) is 21.2. The third-order valence-corrected chi connectivity index (χ3v) is 8.47. The van der Waals surface area contributed by atoms with Crippen molar-refractivity contribution in [3.8, 4) is 5.75 Å². The fourth-order valence-corrected chi connectivity index (χ4v) is 6.25. The molecule has 192 valence electrons. The Kier molecular flexibility index (Phi) is 7.27. The zero-order chi connectivity index (χ0) is 25.7. The topological polar surface area (TPSA) is 69.9 Å². The van der Waals surface area contributed by atoms with Gasteiger partial charge in [-0.05, 0) is 61.6 Å². The van der Waals surface area contributed by atoms with Crippen LogP contribution >= 0.6 is 0 Å². The quantitative estimate of drug-likeness (QED) is 0.238. The molecule has 0 spiro atoms. The molecular weight excluding hydrogens is 492 g/mol. The van der Waals surface area contributed by atoms with E-state index in [4.69, 9.17) is 9.72 Å². The number of hydrogen-bond acceptors (Lipinski definition) is 5. The second-order valence-corrected chi connectivity index (χ2v) is 11.2. The number of imidazole rings is 1. The number of aromatic nitrogens is 4. The van der Waals surface area contributed by atoms with Crippen LogP contribution in [0.5, 0.6) is 5.75 Å². The average Bonchev–Trinajstić information content (AvgIpc) is 3.29. The molecule has 3 aromatic heterocycles. The molecule has 0 aliphatic heterocycles. The Hall–Kier alpha value is -3.84. The summed E-state index contributed by atoms with van der Waals surface area (Å²) < 4.78 is 22.6. The van der Waals surface area contributed by atoms with E-state index >= 15 is 0 Å². The summed E-state index contributed by atoms with van der Waals surface area (Å²) in [5, 5.41) is 0. The van der Waals surface area contributed by atoms with Crippen molar-refractivity contribution < 1.29 is 8.95 Å². The standard InChI is InChI=1S/C31H30N4O2S/c36-38(26-14-17-32-18-15-26)30-21-28-27(20-29(30)37-25-12-5-2-6-13-25)34-31(19-23-9-3-1-4-10-23)35(28)22-24-11-7-8-16-33-24/h1,3-4,7-11,14-18,20-21,25H,2,5-6,12-13,19,22H2. The molecule has 1 aliphatic carbocycles. The molecule has 0 amide bonds. The van der Waals surface area contributed by atoms with Crippen LogP contribution in [-0.4, -0.2) is 29.8 Å². The van der Waals surface area contributed by atoms with Crippen molar-refractivity contribution >= 4 is 21.8 Å². The summed E-state index contributed by atoms with van der Waals surface area (Å²) in [6, 6.07) is 23.9. The first-order valence-corrected chi connectivity index (χ1v) is 14.3. The highest BCUT2D eigenvalue weighted by molar-refractivity contribution is 7.85. The van der Waals surface area contributed by atoms with E-state index in [-0.39, 0.29) is 6.10 Å². The molecule has 7 heteroatoms. The largest absolute Gasteiger partial charge is 0.489 e. The van der Waals surface area contributed by atoms with Gasteiger partial charge in [0.05, 0.1) is 45.1 Å². The number of pyridine rings is 2. The molecule has 6 rings (SSSR count). The number of hydrogen-bond donors (Lipinski definition) is 0. The first kappa shape index (κ1) is 24.5. The fourth-order valence-electron chi connectivity index (χ4n) is 5.11. The van der Waals surface area contributed by atoms with Gasteiger partial charge < -0.3 is 9.30 Å². The maximum atomic E-state index is 13.9. The van der Waals surface area contributed by atoms with Crippen molar-refractivity contribution in [2.24, 2.45) is 0 Å². The zero-order valence-corrected chi connectivity index (χ0v) is 22.0.